The number of carbonyl (C=O) groups is 1. The largest absolute Gasteiger partial charge is 0.364 e. The first kappa shape index (κ1) is 11.7. The Morgan fingerprint density at radius 3 is 2.53 bits per heavy atom. The maximum Gasteiger partial charge on any atom is 0.265 e. The van der Waals surface area contributed by atoms with Crippen LogP contribution in [0.3, 0.4) is 0 Å². The maximum atomic E-state index is 11.6. The minimum Gasteiger partial charge on any atom is -0.364 e. The predicted molar refractivity (Wildman–Crippen MR) is 54.8 cm³/mol. The fourth-order valence-electron chi connectivity index (χ4n) is 1.05. The van der Waals surface area contributed by atoms with E-state index in [1.165, 1.54) is 12.3 Å². The summed E-state index contributed by atoms with van der Waals surface area (Å²) in [5.74, 6) is -0.694. The summed E-state index contributed by atoms with van der Waals surface area (Å²) in [5, 5.41) is 0. The van der Waals surface area contributed by atoms with E-state index in [1.54, 1.807) is 13.8 Å². The van der Waals surface area contributed by atoms with E-state index in [0.29, 0.717) is 0 Å². The van der Waals surface area contributed by atoms with Crippen LogP contribution in [0.1, 0.15) is 24.3 Å². The Bertz CT molecular complexity index is 461. The number of rotatable bonds is 4. The molecule has 4 N–H and O–H groups in total. The quantitative estimate of drug-likeness (QED) is 0.668. The second-order valence-electron chi connectivity index (χ2n) is 3.39. The second-order valence-corrected chi connectivity index (χ2v) is 5.10. The summed E-state index contributed by atoms with van der Waals surface area (Å²) in [6.07, 6.45) is 1.23. The molecule has 0 spiro atoms. The average Bonchev–Trinajstić information content (AvgIpc) is 2.48. The number of H-pyrrole nitrogens is 1. The number of primary amides is 1. The lowest BCUT2D eigenvalue weighted by Crippen LogP contribution is -2.29. The van der Waals surface area contributed by atoms with E-state index in [1.807, 2.05) is 0 Å². The van der Waals surface area contributed by atoms with Gasteiger partial charge >= 0.3 is 0 Å². The summed E-state index contributed by atoms with van der Waals surface area (Å²) >= 11 is 0. The normalized spacial score (nSPS) is 11.9. The van der Waals surface area contributed by atoms with Gasteiger partial charge in [0.05, 0.1) is 0 Å². The number of hydrogen-bond donors (Lipinski definition) is 3. The zero-order valence-corrected chi connectivity index (χ0v) is 9.26. The van der Waals surface area contributed by atoms with Crippen LogP contribution in [0, 0.1) is 0 Å². The van der Waals surface area contributed by atoms with Gasteiger partial charge in [0.15, 0.2) is 0 Å². The van der Waals surface area contributed by atoms with Gasteiger partial charge in [0, 0.05) is 12.2 Å². The van der Waals surface area contributed by atoms with Crippen LogP contribution in [-0.4, -0.2) is 25.4 Å². The smallest absolute Gasteiger partial charge is 0.265 e. The molecule has 0 aliphatic heterocycles. The van der Waals surface area contributed by atoms with Crippen LogP contribution in [0.15, 0.2) is 17.2 Å². The van der Waals surface area contributed by atoms with Crippen molar-refractivity contribution < 1.29 is 13.2 Å². The van der Waals surface area contributed by atoms with E-state index in [0.717, 1.165) is 0 Å². The Balaban J connectivity index is 3.01. The molecule has 0 bridgehead atoms. The van der Waals surface area contributed by atoms with E-state index in [-0.39, 0.29) is 16.6 Å². The molecule has 1 aromatic heterocycles. The number of hydrogen-bond acceptors (Lipinski definition) is 3. The maximum absolute atomic E-state index is 11.6. The van der Waals surface area contributed by atoms with E-state index >= 15 is 0 Å². The van der Waals surface area contributed by atoms with Crippen LogP contribution in [0.2, 0.25) is 0 Å². The lowest BCUT2D eigenvalue weighted by Gasteiger charge is -2.06. The molecule has 0 atom stereocenters. The molecule has 0 aliphatic rings. The molecule has 0 radical (unpaired) electrons. The number of aromatic amines is 1. The molecule has 0 aliphatic carbocycles. The Kier molecular flexibility index (Phi) is 3.15. The summed E-state index contributed by atoms with van der Waals surface area (Å²) in [6, 6.07) is 0.995. The van der Waals surface area contributed by atoms with Gasteiger partial charge in [0.1, 0.15) is 10.6 Å². The minimum atomic E-state index is -3.56. The van der Waals surface area contributed by atoms with Crippen molar-refractivity contribution in [1.29, 1.82) is 0 Å². The van der Waals surface area contributed by atoms with Crippen molar-refractivity contribution in [2.24, 2.45) is 5.73 Å². The van der Waals surface area contributed by atoms with Crippen LogP contribution >= 0.6 is 0 Å². The SMILES string of the molecule is CC(C)NS(=O)(=O)c1c[nH]c(C(N)=O)c1. The Hall–Kier alpha value is -1.34. The number of sulfonamides is 1. The van der Waals surface area contributed by atoms with Gasteiger partial charge in [-0.15, -0.1) is 0 Å². The van der Waals surface area contributed by atoms with Gasteiger partial charge in [-0.2, -0.15) is 0 Å². The monoisotopic (exact) mass is 231 g/mol. The van der Waals surface area contributed by atoms with Crippen LogP contribution in [-0.2, 0) is 10.0 Å². The summed E-state index contributed by atoms with van der Waals surface area (Å²) in [6.45, 7) is 3.42. The molecule has 0 unspecified atom stereocenters. The molecule has 6 nitrogen and oxygen atoms in total. The lowest BCUT2D eigenvalue weighted by atomic mass is 10.4. The molecule has 1 heterocycles. The van der Waals surface area contributed by atoms with E-state index in [2.05, 4.69) is 9.71 Å². The van der Waals surface area contributed by atoms with Crippen molar-refractivity contribution in [3.8, 4) is 0 Å². The molecule has 0 saturated carbocycles. The molecule has 0 aromatic carbocycles. The molecule has 15 heavy (non-hydrogen) atoms. The summed E-state index contributed by atoms with van der Waals surface area (Å²) in [4.78, 5) is 13.2. The van der Waals surface area contributed by atoms with Crippen molar-refractivity contribution in [1.82, 2.24) is 9.71 Å². The minimum absolute atomic E-state index is 0.00463. The highest BCUT2D eigenvalue weighted by molar-refractivity contribution is 7.89. The highest BCUT2D eigenvalue weighted by Gasteiger charge is 2.18. The third-order valence-corrected chi connectivity index (χ3v) is 3.26. The predicted octanol–water partition coefficient (Wildman–Crippen LogP) is -0.200. The van der Waals surface area contributed by atoms with Crippen molar-refractivity contribution >= 4 is 15.9 Å². The van der Waals surface area contributed by atoms with Gasteiger partial charge in [-0.05, 0) is 19.9 Å². The summed E-state index contributed by atoms with van der Waals surface area (Å²) < 4.78 is 25.6. The topological polar surface area (TPSA) is 105 Å². The fraction of sp³-hybridized carbons (Fsp3) is 0.375. The number of aromatic nitrogens is 1. The molecular weight excluding hydrogens is 218 g/mol. The number of nitrogens with one attached hydrogen (secondary N) is 2. The third kappa shape index (κ3) is 2.80. The Morgan fingerprint density at radius 1 is 1.53 bits per heavy atom. The molecular formula is C8H13N3O3S. The van der Waals surface area contributed by atoms with Crippen molar-refractivity contribution in [2.75, 3.05) is 0 Å². The first-order valence-corrected chi connectivity index (χ1v) is 5.82. The molecule has 1 aromatic rings. The molecule has 0 saturated heterocycles. The molecule has 1 rings (SSSR count). The fourth-order valence-corrected chi connectivity index (χ4v) is 2.29. The number of amides is 1. The third-order valence-electron chi connectivity index (χ3n) is 1.62. The standard InChI is InChI=1S/C8H13N3O3S/c1-5(2)11-15(13,14)6-3-7(8(9)12)10-4-6/h3-5,10-11H,1-2H3,(H2,9,12). The van der Waals surface area contributed by atoms with E-state index in [9.17, 15) is 13.2 Å². The Labute approximate surface area is 87.9 Å². The van der Waals surface area contributed by atoms with Crippen LogP contribution in [0.5, 0.6) is 0 Å². The number of carbonyl (C=O) groups excluding carboxylic acids is 1. The zero-order chi connectivity index (χ0) is 11.6. The number of nitrogens with two attached hydrogens (primary N) is 1. The van der Waals surface area contributed by atoms with Gasteiger partial charge in [-0.3, -0.25) is 4.79 Å². The summed E-state index contributed by atoms with van der Waals surface area (Å²) in [7, 11) is -3.56. The average molecular weight is 231 g/mol. The van der Waals surface area contributed by atoms with Crippen molar-refractivity contribution in [2.45, 2.75) is 24.8 Å². The lowest BCUT2D eigenvalue weighted by molar-refractivity contribution is 0.0996. The molecule has 7 heteroatoms. The molecule has 1 amide bonds. The Morgan fingerprint density at radius 2 is 2.13 bits per heavy atom. The molecule has 0 fully saturated rings. The van der Waals surface area contributed by atoms with Crippen molar-refractivity contribution in [3.05, 3.63) is 18.0 Å². The van der Waals surface area contributed by atoms with Gasteiger partial charge in [0.2, 0.25) is 10.0 Å². The van der Waals surface area contributed by atoms with E-state index in [4.69, 9.17) is 5.73 Å². The van der Waals surface area contributed by atoms with Crippen LogP contribution < -0.4 is 10.5 Å². The van der Waals surface area contributed by atoms with Gasteiger partial charge in [-0.1, -0.05) is 0 Å². The van der Waals surface area contributed by atoms with Gasteiger partial charge < -0.3 is 10.7 Å². The first-order chi connectivity index (χ1) is 6.83. The highest BCUT2D eigenvalue weighted by atomic mass is 32.2. The first-order valence-electron chi connectivity index (χ1n) is 4.33. The molecule has 84 valence electrons. The second kappa shape index (κ2) is 4.03. The summed E-state index contributed by atoms with van der Waals surface area (Å²) in [5.41, 5.74) is 5.05. The van der Waals surface area contributed by atoms with E-state index < -0.39 is 15.9 Å². The highest BCUT2D eigenvalue weighted by Crippen LogP contribution is 2.10. The van der Waals surface area contributed by atoms with Gasteiger partial charge in [0.25, 0.3) is 5.91 Å². The zero-order valence-electron chi connectivity index (χ0n) is 8.44. The van der Waals surface area contributed by atoms with Crippen molar-refractivity contribution in [3.63, 3.8) is 0 Å². The van der Waals surface area contributed by atoms with Crippen LogP contribution in [0.25, 0.3) is 0 Å². The van der Waals surface area contributed by atoms with Gasteiger partial charge in [-0.25, -0.2) is 13.1 Å². The van der Waals surface area contributed by atoms with Crippen LogP contribution in [0.4, 0.5) is 0 Å².